The molecule has 0 atom stereocenters. The van der Waals surface area contributed by atoms with Crippen LogP contribution in [0.3, 0.4) is 0 Å². The first-order valence-corrected chi connectivity index (χ1v) is 7.87. The highest BCUT2D eigenvalue weighted by atomic mass is 16.5. The third kappa shape index (κ3) is 2.34. The number of Topliss-reactive ketones (excluding diaryl/α,β-unsaturated/α-hetero) is 1. The van der Waals surface area contributed by atoms with E-state index in [1.165, 1.54) is 6.08 Å². The second kappa shape index (κ2) is 5.67. The Morgan fingerprint density at radius 1 is 0.880 bits per heavy atom. The first-order valence-electron chi connectivity index (χ1n) is 7.87. The normalized spacial score (nSPS) is 12.9. The number of ether oxygens (including phenoxy) is 2. The molecule has 0 saturated carbocycles. The van der Waals surface area contributed by atoms with E-state index in [9.17, 15) is 9.90 Å². The van der Waals surface area contributed by atoms with Crippen LogP contribution >= 0.6 is 0 Å². The summed E-state index contributed by atoms with van der Waals surface area (Å²) in [5.74, 6) is 0.680. The lowest BCUT2D eigenvalue weighted by molar-refractivity contribution is 0.0981. The van der Waals surface area contributed by atoms with Crippen molar-refractivity contribution in [3.63, 3.8) is 0 Å². The number of aliphatic hydroxyl groups is 1. The zero-order chi connectivity index (χ0) is 17.6. The molecule has 0 bridgehead atoms. The largest absolute Gasteiger partial charge is 0.504 e. The number of benzene rings is 3. The van der Waals surface area contributed by atoms with E-state index in [0.717, 1.165) is 27.5 Å². The highest BCUT2D eigenvalue weighted by Gasteiger charge is 2.22. The lowest BCUT2D eigenvalue weighted by Crippen LogP contribution is -2.08. The molecule has 3 aromatic carbocycles. The third-order valence-corrected chi connectivity index (χ3v) is 4.50. The molecule has 0 amide bonds. The van der Waals surface area contributed by atoms with Crippen molar-refractivity contribution in [3.05, 3.63) is 65.4 Å². The summed E-state index contributed by atoms with van der Waals surface area (Å²) in [6.45, 7) is 0. The van der Waals surface area contributed by atoms with Crippen LogP contribution in [0.4, 0.5) is 0 Å². The highest BCUT2D eigenvalue weighted by molar-refractivity contribution is 6.22. The van der Waals surface area contributed by atoms with E-state index in [4.69, 9.17) is 9.47 Å². The van der Waals surface area contributed by atoms with Crippen molar-refractivity contribution in [2.75, 3.05) is 14.2 Å². The average molecular weight is 332 g/mol. The second-order valence-corrected chi connectivity index (χ2v) is 5.90. The molecule has 0 spiro atoms. The SMILES string of the molecule is COc1ccc(-c2cc3c4c(cccc4c2)C=C(O)C3=O)cc1OC. The van der Waals surface area contributed by atoms with Crippen LogP contribution in [-0.4, -0.2) is 25.1 Å². The zero-order valence-corrected chi connectivity index (χ0v) is 13.9. The number of hydrogen-bond acceptors (Lipinski definition) is 4. The van der Waals surface area contributed by atoms with Crippen molar-refractivity contribution in [3.8, 4) is 22.6 Å². The first-order chi connectivity index (χ1) is 12.1. The fourth-order valence-electron chi connectivity index (χ4n) is 3.29. The third-order valence-electron chi connectivity index (χ3n) is 4.50. The van der Waals surface area contributed by atoms with Gasteiger partial charge in [0.1, 0.15) is 0 Å². The minimum absolute atomic E-state index is 0.232. The average Bonchev–Trinajstić information content (AvgIpc) is 2.65. The molecule has 1 aliphatic carbocycles. The molecule has 4 nitrogen and oxygen atoms in total. The summed E-state index contributed by atoms with van der Waals surface area (Å²) in [7, 11) is 3.18. The highest BCUT2D eigenvalue weighted by Crippen LogP contribution is 2.37. The minimum Gasteiger partial charge on any atom is -0.504 e. The van der Waals surface area contributed by atoms with E-state index >= 15 is 0 Å². The van der Waals surface area contributed by atoms with Crippen LogP contribution in [0.25, 0.3) is 28.0 Å². The van der Waals surface area contributed by atoms with Gasteiger partial charge in [0, 0.05) is 10.9 Å². The quantitative estimate of drug-likeness (QED) is 0.760. The number of methoxy groups -OCH3 is 2. The van der Waals surface area contributed by atoms with Gasteiger partial charge < -0.3 is 14.6 Å². The lowest BCUT2D eigenvalue weighted by atomic mass is 9.88. The van der Waals surface area contributed by atoms with Gasteiger partial charge in [0.05, 0.1) is 14.2 Å². The molecule has 1 N–H and O–H groups in total. The van der Waals surface area contributed by atoms with Gasteiger partial charge in [-0.05, 0) is 52.4 Å². The van der Waals surface area contributed by atoms with E-state index in [1.54, 1.807) is 14.2 Å². The van der Waals surface area contributed by atoms with Gasteiger partial charge in [-0.15, -0.1) is 0 Å². The fourth-order valence-corrected chi connectivity index (χ4v) is 3.29. The van der Waals surface area contributed by atoms with Crippen molar-refractivity contribution >= 4 is 22.6 Å². The number of hydrogen-bond donors (Lipinski definition) is 1. The predicted octanol–water partition coefficient (Wildman–Crippen LogP) is 4.62. The summed E-state index contributed by atoms with van der Waals surface area (Å²) in [5, 5.41) is 11.8. The summed E-state index contributed by atoms with van der Waals surface area (Å²) in [6, 6.07) is 15.3. The van der Waals surface area contributed by atoms with Crippen LogP contribution in [-0.2, 0) is 0 Å². The topological polar surface area (TPSA) is 55.8 Å². The van der Waals surface area contributed by atoms with E-state index < -0.39 is 0 Å². The van der Waals surface area contributed by atoms with E-state index in [1.807, 2.05) is 48.5 Å². The van der Waals surface area contributed by atoms with Crippen molar-refractivity contribution in [2.45, 2.75) is 0 Å². The number of aliphatic hydroxyl groups excluding tert-OH is 1. The maximum Gasteiger partial charge on any atom is 0.227 e. The van der Waals surface area contributed by atoms with Gasteiger partial charge in [-0.1, -0.05) is 24.3 Å². The second-order valence-electron chi connectivity index (χ2n) is 5.90. The number of carbonyl (C=O) groups excluding carboxylic acids is 1. The van der Waals surface area contributed by atoms with Crippen molar-refractivity contribution < 1.29 is 19.4 Å². The first kappa shape index (κ1) is 15.3. The van der Waals surface area contributed by atoms with Crippen LogP contribution in [0.2, 0.25) is 0 Å². The molecule has 1 aliphatic rings. The number of allylic oxidation sites excluding steroid dienone is 1. The lowest BCUT2D eigenvalue weighted by Gasteiger charge is -2.16. The molecule has 0 unspecified atom stereocenters. The van der Waals surface area contributed by atoms with Crippen molar-refractivity contribution in [1.29, 1.82) is 0 Å². The molecule has 0 heterocycles. The van der Waals surface area contributed by atoms with Gasteiger partial charge >= 0.3 is 0 Å². The molecule has 0 aliphatic heterocycles. The predicted molar refractivity (Wildman–Crippen MR) is 97.4 cm³/mol. The van der Waals surface area contributed by atoms with Gasteiger partial charge in [0.2, 0.25) is 5.78 Å². The molecule has 0 aromatic heterocycles. The number of rotatable bonds is 3. The Bertz CT molecular complexity index is 1050. The Labute approximate surface area is 144 Å². The van der Waals surface area contributed by atoms with Gasteiger partial charge in [0.25, 0.3) is 0 Å². The van der Waals surface area contributed by atoms with Crippen LogP contribution in [0, 0.1) is 0 Å². The Kier molecular flexibility index (Phi) is 3.46. The Hall–Kier alpha value is -3.27. The standard InChI is InChI=1S/C21H16O4/c1-24-18-7-6-12(11-19(18)25-2)15-8-13-4-3-5-14-10-17(22)21(23)16(9-15)20(13)14/h3-11,22H,1-2H3. The zero-order valence-electron chi connectivity index (χ0n) is 13.9. The van der Waals surface area contributed by atoms with Gasteiger partial charge in [-0.25, -0.2) is 0 Å². The Balaban J connectivity index is 1.96. The molecule has 0 saturated heterocycles. The van der Waals surface area contributed by atoms with Gasteiger partial charge in [-0.3, -0.25) is 4.79 Å². The summed E-state index contributed by atoms with van der Waals surface area (Å²) >= 11 is 0. The summed E-state index contributed by atoms with van der Waals surface area (Å²) in [6.07, 6.45) is 1.52. The number of ketones is 1. The van der Waals surface area contributed by atoms with Crippen LogP contribution in [0.5, 0.6) is 11.5 Å². The van der Waals surface area contributed by atoms with Crippen molar-refractivity contribution in [2.24, 2.45) is 0 Å². The van der Waals surface area contributed by atoms with Crippen molar-refractivity contribution in [1.82, 2.24) is 0 Å². The molecular weight excluding hydrogens is 316 g/mol. The molecule has 4 rings (SSSR count). The molecule has 0 fully saturated rings. The molecule has 0 radical (unpaired) electrons. The Morgan fingerprint density at radius 3 is 2.44 bits per heavy atom. The maximum absolute atomic E-state index is 12.4. The minimum atomic E-state index is -0.356. The van der Waals surface area contributed by atoms with Gasteiger partial charge in [0.15, 0.2) is 17.3 Å². The van der Waals surface area contributed by atoms with Crippen LogP contribution < -0.4 is 9.47 Å². The van der Waals surface area contributed by atoms with E-state index in [0.29, 0.717) is 17.1 Å². The Morgan fingerprint density at radius 2 is 1.68 bits per heavy atom. The van der Waals surface area contributed by atoms with Crippen LogP contribution in [0.15, 0.2) is 54.3 Å². The monoisotopic (exact) mass is 332 g/mol. The van der Waals surface area contributed by atoms with E-state index in [-0.39, 0.29) is 11.5 Å². The molecule has 124 valence electrons. The summed E-state index contributed by atoms with van der Waals surface area (Å²) < 4.78 is 10.6. The fraction of sp³-hybridized carbons (Fsp3) is 0.0952. The molecular formula is C21H16O4. The summed E-state index contributed by atoms with van der Waals surface area (Å²) in [5.41, 5.74) is 3.15. The van der Waals surface area contributed by atoms with Gasteiger partial charge in [-0.2, -0.15) is 0 Å². The smallest absolute Gasteiger partial charge is 0.227 e. The maximum atomic E-state index is 12.4. The molecule has 3 aromatic rings. The molecule has 4 heteroatoms. The molecule has 25 heavy (non-hydrogen) atoms. The number of carbonyl (C=O) groups is 1. The summed E-state index contributed by atoms with van der Waals surface area (Å²) in [4.78, 5) is 12.4. The van der Waals surface area contributed by atoms with Crippen LogP contribution in [0.1, 0.15) is 15.9 Å². The van der Waals surface area contributed by atoms with E-state index in [2.05, 4.69) is 0 Å².